The van der Waals surface area contributed by atoms with Crippen molar-refractivity contribution in [3.05, 3.63) is 137 Å². The van der Waals surface area contributed by atoms with Gasteiger partial charge in [-0.1, -0.05) is 88.4 Å². The second-order valence-electron chi connectivity index (χ2n) is 11.8. The average Bonchev–Trinajstić information content (AvgIpc) is 2.95. The van der Waals surface area contributed by atoms with Crippen molar-refractivity contribution in [3.63, 3.8) is 0 Å². The van der Waals surface area contributed by atoms with Gasteiger partial charge < -0.3 is 9.97 Å². The summed E-state index contributed by atoms with van der Waals surface area (Å²) in [5.41, 5.74) is 10.7. The van der Waals surface area contributed by atoms with Crippen molar-refractivity contribution in [2.24, 2.45) is 0 Å². The molecule has 5 rings (SSSR count). The number of hydrogen-bond donors (Lipinski definition) is 0. The molecule has 3 aromatic carbocycles. The number of aromatic nitrogens is 2. The molecule has 41 heavy (non-hydrogen) atoms. The van der Waals surface area contributed by atoms with Crippen molar-refractivity contribution in [3.8, 4) is 22.5 Å². The fraction of sp³-hybridized carbons (Fsp3) is 0.243. The van der Waals surface area contributed by atoms with Crippen LogP contribution in [-0.4, -0.2) is 18.0 Å². The van der Waals surface area contributed by atoms with Crippen LogP contribution in [0.15, 0.2) is 97.3 Å². The van der Waals surface area contributed by atoms with Crippen molar-refractivity contribution >= 4 is 13.3 Å². The molecule has 2 aromatic heterocycles. The second kappa shape index (κ2) is 14.6. The minimum atomic E-state index is -1.35. The maximum Gasteiger partial charge on any atom is 0.0799 e. The molecule has 0 fully saturated rings. The minimum Gasteiger partial charge on any atom is -0.305 e. The summed E-state index contributed by atoms with van der Waals surface area (Å²) >= 11 is 0. The first-order valence-corrected chi connectivity index (χ1v) is 17.6. The molecule has 0 aliphatic rings. The van der Waals surface area contributed by atoms with Gasteiger partial charge in [0.15, 0.2) is 0 Å². The molecule has 0 saturated carbocycles. The van der Waals surface area contributed by atoms with Crippen molar-refractivity contribution in [1.29, 1.82) is 0 Å². The number of hydrogen-bond acceptors (Lipinski definition) is 2. The fourth-order valence-corrected chi connectivity index (χ4v) is 6.33. The van der Waals surface area contributed by atoms with E-state index >= 15 is 0 Å². The molecule has 0 aliphatic heterocycles. The third-order valence-corrected chi connectivity index (χ3v) is 9.08. The predicted molar refractivity (Wildman–Crippen MR) is 173 cm³/mol. The van der Waals surface area contributed by atoms with Crippen LogP contribution in [0.2, 0.25) is 19.6 Å². The van der Waals surface area contributed by atoms with Crippen LogP contribution in [0.4, 0.5) is 0 Å². The van der Waals surface area contributed by atoms with E-state index < -0.39 is 8.07 Å². The SMILES string of the molecule is Cc1c[c-]c(-c2cc(C(C)C)c([Si](C)(C)C)cn2)cc1.Cc1cnc(-c2[c-]cccc2)cc1Cc1ccccc1.[Ir]. The minimum absolute atomic E-state index is 0. The van der Waals surface area contributed by atoms with E-state index in [1.165, 1.54) is 33.0 Å². The fourth-order valence-electron chi connectivity index (χ4n) is 4.66. The number of aryl methyl sites for hydroxylation is 2. The number of nitrogens with zero attached hydrogens (tertiary/aromatic N) is 2. The van der Waals surface area contributed by atoms with Crippen molar-refractivity contribution in [1.82, 2.24) is 9.97 Å². The zero-order chi connectivity index (χ0) is 28.7. The largest absolute Gasteiger partial charge is 0.305 e. The molecule has 2 heterocycles. The summed E-state index contributed by atoms with van der Waals surface area (Å²) in [7, 11) is -1.35. The Morgan fingerprint density at radius 1 is 0.756 bits per heavy atom. The molecule has 0 amide bonds. The van der Waals surface area contributed by atoms with Gasteiger partial charge in [0.25, 0.3) is 0 Å². The molecule has 5 aromatic rings. The van der Waals surface area contributed by atoms with Crippen LogP contribution in [0.5, 0.6) is 0 Å². The van der Waals surface area contributed by atoms with Crippen molar-refractivity contribution in [2.45, 2.75) is 59.7 Å². The van der Waals surface area contributed by atoms with E-state index in [1.807, 2.05) is 42.6 Å². The molecular weight excluding hydrogens is 693 g/mol. The Kier molecular flexibility index (Phi) is 11.5. The van der Waals surface area contributed by atoms with Gasteiger partial charge in [-0.15, -0.1) is 71.3 Å². The summed E-state index contributed by atoms with van der Waals surface area (Å²) < 4.78 is 0. The quantitative estimate of drug-likeness (QED) is 0.129. The van der Waals surface area contributed by atoms with Gasteiger partial charge in [0, 0.05) is 32.5 Å². The van der Waals surface area contributed by atoms with Crippen LogP contribution in [0, 0.1) is 26.0 Å². The molecule has 0 N–H and O–H groups in total. The van der Waals surface area contributed by atoms with E-state index in [-0.39, 0.29) is 20.1 Å². The molecule has 1 radical (unpaired) electrons. The topological polar surface area (TPSA) is 25.8 Å². The molecule has 0 saturated heterocycles. The number of benzene rings is 3. The van der Waals surface area contributed by atoms with Gasteiger partial charge in [-0.3, -0.25) is 0 Å². The number of rotatable bonds is 6. The summed E-state index contributed by atoms with van der Waals surface area (Å²) in [6, 6.07) is 35.7. The van der Waals surface area contributed by atoms with Gasteiger partial charge >= 0.3 is 0 Å². The summed E-state index contributed by atoms with van der Waals surface area (Å²) in [6.07, 6.45) is 4.99. The van der Waals surface area contributed by atoms with Gasteiger partial charge in [-0.2, -0.15) is 0 Å². The smallest absolute Gasteiger partial charge is 0.0799 e. The Bertz CT molecular complexity index is 1520. The summed E-state index contributed by atoms with van der Waals surface area (Å²) in [6.45, 7) is 15.9. The molecular formula is C37H40IrN2Si-2. The maximum atomic E-state index is 4.69. The molecule has 0 spiro atoms. The van der Waals surface area contributed by atoms with Crippen molar-refractivity contribution in [2.75, 3.05) is 0 Å². The van der Waals surface area contributed by atoms with E-state index in [0.29, 0.717) is 5.92 Å². The standard InChI is InChI=1S/C19H16N.C18H24NSi.Ir/c1-15-14-20-19(17-10-6-3-7-11-17)13-18(15)12-16-8-4-2-5-9-16;1-13(2)16-11-17(15-9-7-14(3)8-10-15)19-12-18(16)20(4,5)6;/h2-10,13-14H,12H2,1H3;7-9,11-13H,1-6H3;/q2*-1;. The Labute approximate surface area is 261 Å². The molecule has 0 bridgehead atoms. The Morgan fingerprint density at radius 2 is 1.41 bits per heavy atom. The van der Waals surface area contributed by atoms with Gasteiger partial charge in [-0.25, -0.2) is 0 Å². The molecule has 213 valence electrons. The van der Waals surface area contributed by atoms with E-state index in [0.717, 1.165) is 28.9 Å². The van der Waals surface area contributed by atoms with Crippen LogP contribution in [-0.2, 0) is 26.5 Å². The number of pyridine rings is 2. The molecule has 2 nitrogen and oxygen atoms in total. The van der Waals surface area contributed by atoms with E-state index in [1.54, 1.807) is 0 Å². The maximum absolute atomic E-state index is 4.69. The molecule has 0 aliphatic carbocycles. The normalized spacial score (nSPS) is 10.9. The van der Waals surface area contributed by atoms with Gasteiger partial charge in [-0.05, 0) is 52.5 Å². The van der Waals surface area contributed by atoms with E-state index in [4.69, 9.17) is 4.98 Å². The van der Waals surface area contributed by atoms with Crippen LogP contribution in [0.3, 0.4) is 0 Å². The third-order valence-electron chi connectivity index (χ3n) is 7.05. The van der Waals surface area contributed by atoms with Gasteiger partial charge in [0.2, 0.25) is 0 Å². The van der Waals surface area contributed by atoms with Gasteiger partial charge in [0.1, 0.15) is 0 Å². The van der Waals surface area contributed by atoms with E-state index in [9.17, 15) is 0 Å². The third kappa shape index (κ3) is 8.90. The van der Waals surface area contributed by atoms with Crippen LogP contribution >= 0.6 is 0 Å². The van der Waals surface area contributed by atoms with Crippen LogP contribution < -0.4 is 5.19 Å². The first kappa shape index (κ1) is 32.3. The van der Waals surface area contributed by atoms with E-state index in [2.05, 4.69) is 119 Å². The molecule has 4 heteroatoms. The summed E-state index contributed by atoms with van der Waals surface area (Å²) in [4.78, 5) is 9.21. The molecule has 0 unspecified atom stereocenters. The van der Waals surface area contributed by atoms with Gasteiger partial charge in [0.05, 0.1) is 8.07 Å². The first-order valence-electron chi connectivity index (χ1n) is 14.1. The zero-order valence-electron chi connectivity index (χ0n) is 25.2. The molecule has 0 atom stereocenters. The van der Waals surface area contributed by atoms with Crippen LogP contribution in [0.1, 0.15) is 47.6 Å². The second-order valence-corrected chi connectivity index (χ2v) is 16.8. The van der Waals surface area contributed by atoms with Crippen molar-refractivity contribution < 1.29 is 20.1 Å². The Hall–Kier alpha value is -3.17. The Balaban J connectivity index is 0.000000220. The first-order chi connectivity index (χ1) is 19.1. The Morgan fingerprint density at radius 3 is 2.02 bits per heavy atom. The predicted octanol–water partition coefficient (Wildman–Crippen LogP) is 8.97. The zero-order valence-corrected chi connectivity index (χ0v) is 28.6. The average molecular weight is 733 g/mol. The monoisotopic (exact) mass is 733 g/mol. The summed E-state index contributed by atoms with van der Waals surface area (Å²) in [5.74, 6) is 0.531. The van der Waals surface area contributed by atoms with Crippen LogP contribution in [0.25, 0.3) is 22.5 Å². The summed E-state index contributed by atoms with van der Waals surface area (Å²) in [5, 5.41) is 1.48.